The summed E-state index contributed by atoms with van der Waals surface area (Å²) in [5.74, 6) is -1.21. The Morgan fingerprint density at radius 3 is 1.10 bits per heavy atom. The number of hydrogen-bond donors (Lipinski definition) is 0. The fourth-order valence-electron chi connectivity index (χ4n) is 2.85. The summed E-state index contributed by atoms with van der Waals surface area (Å²) in [6, 6.07) is 16.9. The van der Waals surface area contributed by atoms with Crippen molar-refractivity contribution < 1.29 is 59.9 Å². The quantitative estimate of drug-likeness (QED) is 0.112. The number of benzene rings is 2. The van der Waals surface area contributed by atoms with Gasteiger partial charge in [0.05, 0.1) is 11.5 Å². The maximum Gasteiger partial charge on any atom is 0.273 e. The summed E-state index contributed by atoms with van der Waals surface area (Å²) >= 11 is 0. The first-order chi connectivity index (χ1) is 19.7. The molecule has 0 radical (unpaired) electrons. The molecule has 0 spiro atoms. The number of rotatable bonds is 20. The van der Waals surface area contributed by atoms with Gasteiger partial charge in [0, 0.05) is 27.4 Å². The van der Waals surface area contributed by atoms with Crippen molar-refractivity contribution in [2.45, 2.75) is 24.3 Å². The molecule has 2 aromatic rings. The normalized spacial score (nSPS) is 12.4. The fourth-order valence-corrected chi connectivity index (χ4v) is 6.30. The third-order valence-electron chi connectivity index (χ3n) is 4.77. The summed E-state index contributed by atoms with van der Waals surface area (Å²) in [5, 5.41) is 0. The molecule has 0 aliphatic rings. The van der Waals surface area contributed by atoms with Gasteiger partial charge in [-0.25, -0.2) is 16.7 Å². The maximum absolute atomic E-state index is 11.7. The topological polar surface area (TPSA) is 192 Å². The lowest BCUT2D eigenvalue weighted by Crippen LogP contribution is -2.18. The van der Waals surface area contributed by atoms with Gasteiger partial charge in [0.1, 0.15) is 11.5 Å². The zero-order valence-corrected chi connectivity index (χ0v) is 26.5. The van der Waals surface area contributed by atoms with E-state index in [4.69, 9.17) is 9.47 Å². The Labute approximate surface area is 248 Å². The third-order valence-corrected chi connectivity index (χ3v) is 9.54. The highest BCUT2D eigenvalue weighted by molar-refractivity contribution is 7.87. The van der Waals surface area contributed by atoms with Crippen molar-refractivity contribution in [3.63, 3.8) is 0 Å². The Morgan fingerprint density at radius 2 is 0.786 bits per heavy atom. The molecule has 18 heteroatoms. The summed E-state index contributed by atoms with van der Waals surface area (Å²) in [6.07, 6.45) is 0.527. The molecule has 0 unspecified atom stereocenters. The summed E-state index contributed by atoms with van der Waals surface area (Å²) < 4.78 is 119. The van der Waals surface area contributed by atoms with Gasteiger partial charge in [-0.2, -0.15) is 33.7 Å². The summed E-state index contributed by atoms with van der Waals surface area (Å²) in [5.41, 5.74) is 1.08. The molecule has 0 N–H and O–H groups in total. The molecular weight excluding hydrogens is 641 g/mol. The van der Waals surface area contributed by atoms with E-state index in [1.165, 1.54) is 14.2 Å². The Morgan fingerprint density at radius 1 is 0.476 bits per heavy atom. The zero-order chi connectivity index (χ0) is 31.5. The van der Waals surface area contributed by atoms with E-state index in [9.17, 15) is 33.7 Å². The Bertz CT molecular complexity index is 1330. The molecule has 0 saturated carbocycles. The van der Waals surface area contributed by atoms with Crippen LogP contribution in [0, 0.1) is 0 Å². The van der Waals surface area contributed by atoms with Crippen LogP contribution >= 0.6 is 0 Å². The Kier molecular flexibility index (Phi) is 17.5. The van der Waals surface area contributed by atoms with E-state index in [2.05, 4.69) is 16.7 Å². The van der Waals surface area contributed by atoms with Crippen LogP contribution in [-0.2, 0) is 78.2 Å². The van der Waals surface area contributed by atoms with Crippen molar-refractivity contribution in [1.29, 1.82) is 0 Å². The van der Waals surface area contributed by atoms with Crippen LogP contribution < -0.4 is 0 Å². The fraction of sp³-hybridized carbons (Fsp3) is 0.500. The average molecular weight is 677 g/mol. The average Bonchev–Trinajstić information content (AvgIpc) is 2.89. The van der Waals surface area contributed by atoms with E-state index in [1.54, 1.807) is 60.7 Å². The minimum atomic E-state index is -3.92. The van der Waals surface area contributed by atoms with E-state index in [-0.39, 0.29) is 49.1 Å². The summed E-state index contributed by atoms with van der Waals surface area (Å²) in [6.45, 7) is -1.16. The van der Waals surface area contributed by atoms with Crippen LogP contribution in [0.25, 0.3) is 0 Å². The van der Waals surface area contributed by atoms with Gasteiger partial charge >= 0.3 is 0 Å². The minimum Gasteiger partial charge on any atom is -0.385 e. The molecule has 0 amide bonds. The van der Waals surface area contributed by atoms with Crippen molar-refractivity contribution in [2.75, 3.05) is 52.5 Å². The van der Waals surface area contributed by atoms with Gasteiger partial charge in [-0.1, -0.05) is 60.7 Å². The molecule has 0 fully saturated rings. The predicted molar refractivity (Wildman–Crippen MR) is 153 cm³/mol. The van der Waals surface area contributed by atoms with Gasteiger partial charge in [0.25, 0.3) is 40.5 Å². The van der Waals surface area contributed by atoms with Gasteiger partial charge in [0.2, 0.25) is 0 Å². The van der Waals surface area contributed by atoms with Crippen molar-refractivity contribution in [3.8, 4) is 0 Å². The van der Waals surface area contributed by atoms with E-state index < -0.39 is 54.1 Å². The smallest absolute Gasteiger partial charge is 0.273 e. The first-order valence-electron chi connectivity index (χ1n) is 12.2. The van der Waals surface area contributed by atoms with Gasteiger partial charge in [-0.3, -0.25) is 0 Å². The van der Waals surface area contributed by atoms with Gasteiger partial charge in [-0.05, 0) is 24.0 Å². The molecule has 0 saturated heterocycles. The molecule has 0 bridgehead atoms. The molecule has 240 valence electrons. The van der Waals surface area contributed by atoms with Crippen LogP contribution in [0.2, 0.25) is 0 Å². The van der Waals surface area contributed by atoms with Crippen molar-refractivity contribution >= 4 is 40.5 Å². The molecule has 42 heavy (non-hydrogen) atoms. The monoisotopic (exact) mass is 676 g/mol. The van der Waals surface area contributed by atoms with Crippen molar-refractivity contribution in [1.82, 2.24) is 0 Å². The predicted octanol–water partition coefficient (Wildman–Crippen LogP) is 1.75. The van der Waals surface area contributed by atoms with Crippen LogP contribution in [-0.4, -0.2) is 86.2 Å². The van der Waals surface area contributed by atoms with Crippen LogP contribution in [0.3, 0.4) is 0 Å². The van der Waals surface area contributed by atoms with E-state index in [0.717, 1.165) is 0 Å². The largest absolute Gasteiger partial charge is 0.385 e. The minimum absolute atomic E-state index is 0.256. The molecule has 0 aromatic heterocycles. The molecule has 2 aromatic carbocycles. The highest BCUT2D eigenvalue weighted by Gasteiger charge is 2.18. The SMILES string of the molecule is COCCCS(=O)(=O)OCOS(=O)(=O)CCCOC.O=S(=O)(Cc1ccccc1)OCOS(=O)(=O)Cc1ccccc1. The summed E-state index contributed by atoms with van der Waals surface area (Å²) in [7, 11) is -12.5. The van der Waals surface area contributed by atoms with Crippen molar-refractivity contribution in [3.05, 3.63) is 71.8 Å². The molecule has 0 heterocycles. The van der Waals surface area contributed by atoms with Gasteiger partial charge in [0.15, 0.2) is 13.6 Å². The van der Waals surface area contributed by atoms with Crippen LogP contribution in [0.15, 0.2) is 60.7 Å². The molecule has 2 rings (SSSR count). The molecule has 14 nitrogen and oxygen atoms in total. The summed E-state index contributed by atoms with van der Waals surface area (Å²) in [4.78, 5) is 0. The molecule has 0 aliphatic carbocycles. The molecule has 0 atom stereocenters. The van der Waals surface area contributed by atoms with Gasteiger partial charge < -0.3 is 9.47 Å². The highest BCUT2D eigenvalue weighted by Crippen LogP contribution is 2.10. The second-order valence-electron chi connectivity index (χ2n) is 8.30. The molecule has 0 aliphatic heterocycles. The highest BCUT2D eigenvalue weighted by atomic mass is 32.2. The lowest BCUT2D eigenvalue weighted by atomic mass is 10.2. The lowest BCUT2D eigenvalue weighted by Gasteiger charge is -2.07. The first kappa shape index (κ1) is 38.0. The van der Waals surface area contributed by atoms with E-state index in [0.29, 0.717) is 11.1 Å². The zero-order valence-electron chi connectivity index (χ0n) is 23.2. The number of hydrogen-bond acceptors (Lipinski definition) is 14. The standard InChI is InChI=1S/C15H16O6S2.C9H20O8S2/c16-22(17,11-14-7-3-1-4-8-14)20-13-21-23(18,19)12-15-9-5-2-6-10-15;1-14-5-3-7-18(10,11)16-9-17-19(12,13)8-4-6-15-2/h1-10H,11-13H2;3-9H2,1-2H3. The van der Waals surface area contributed by atoms with Crippen LogP contribution in [0.5, 0.6) is 0 Å². The molecular formula is C24H36O14S4. The van der Waals surface area contributed by atoms with Crippen LogP contribution in [0.1, 0.15) is 24.0 Å². The van der Waals surface area contributed by atoms with E-state index >= 15 is 0 Å². The number of methoxy groups -OCH3 is 2. The first-order valence-corrected chi connectivity index (χ1v) is 18.5. The van der Waals surface area contributed by atoms with Crippen molar-refractivity contribution in [2.24, 2.45) is 0 Å². The third kappa shape index (κ3) is 19.2. The van der Waals surface area contributed by atoms with Crippen LogP contribution in [0.4, 0.5) is 0 Å². The number of ether oxygens (including phenoxy) is 2. The van der Waals surface area contributed by atoms with E-state index in [1.807, 2.05) is 0 Å². The second-order valence-corrected chi connectivity index (χ2v) is 15.1. The second kappa shape index (κ2) is 19.3. The maximum atomic E-state index is 11.7. The Balaban J connectivity index is 0.000000430. The Hall–Kier alpha value is -2.00. The van der Waals surface area contributed by atoms with Gasteiger partial charge in [-0.15, -0.1) is 0 Å². The lowest BCUT2D eigenvalue weighted by molar-refractivity contribution is 0.130.